The first kappa shape index (κ1) is 10.5. The van der Waals surface area contributed by atoms with E-state index in [0.717, 1.165) is 18.8 Å². The third-order valence-corrected chi connectivity index (χ3v) is 3.25. The van der Waals surface area contributed by atoms with Crippen molar-refractivity contribution in [3.05, 3.63) is 29.3 Å². The number of hydrogen-bond donors (Lipinski definition) is 2. The lowest BCUT2D eigenvalue weighted by Crippen LogP contribution is -2.24. The summed E-state index contributed by atoms with van der Waals surface area (Å²) < 4.78 is 0. The normalized spacial score (nSPS) is 19.9. The van der Waals surface area contributed by atoms with Gasteiger partial charge in [-0.15, -0.1) is 0 Å². The standard InChI is InChI=1S/C13H20N2/c1-2-15-9-11-5-3-4-10-8-12(14)6-7-13(10)11/h6-8,11,15H,2-5,9,14H2,1H3. The maximum absolute atomic E-state index is 5.81. The van der Waals surface area contributed by atoms with Gasteiger partial charge in [-0.1, -0.05) is 13.0 Å². The zero-order valence-electron chi connectivity index (χ0n) is 9.42. The number of rotatable bonds is 3. The lowest BCUT2D eigenvalue weighted by atomic mass is 9.82. The molecule has 0 fully saturated rings. The van der Waals surface area contributed by atoms with Crippen molar-refractivity contribution < 1.29 is 0 Å². The highest BCUT2D eigenvalue weighted by molar-refractivity contribution is 5.46. The van der Waals surface area contributed by atoms with E-state index in [-0.39, 0.29) is 0 Å². The maximum atomic E-state index is 5.81. The lowest BCUT2D eigenvalue weighted by Gasteiger charge is -2.26. The minimum atomic E-state index is 0.689. The largest absolute Gasteiger partial charge is 0.399 e. The Bertz CT molecular complexity index is 333. The summed E-state index contributed by atoms with van der Waals surface area (Å²) in [4.78, 5) is 0. The van der Waals surface area contributed by atoms with Gasteiger partial charge in [-0.25, -0.2) is 0 Å². The fraction of sp³-hybridized carbons (Fsp3) is 0.538. The molecule has 0 saturated carbocycles. The van der Waals surface area contributed by atoms with Crippen LogP contribution in [0.1, 0.15) is 36.8 Å². The van der Waals surface area contributed by atoms with Crippen LogP contribution in [0.25, 0.3) is 0 Å². The Morgan fingerprint density at radius 1 is 1.47 bits per heavy atom. The monoisotopic (exact) mass is 204 g/mol. The molecule has 0 aliphatic heterocycles. The Labute approximate surface area is 91.9 Å². The molecule has 0 amide bonds. The van der Waals surface area contributed by atoms with Crippen LogP contribution in [0.5, 0.6) is 0 Å². The fourth-order valence-corrected chi connectivity index (χ4v) is 2.47. The van der Waals surface area contributed by atoms with Gasteiger partial charge < -0.3 is 11.1 Å². The first-order valence-corrected chi connectivity index (χ1v) is 5.90. The number of benzene rings is 1. The summed E-state index contributed by atoms with van der Waals surface area (Å²) in [5, 5.41) is 3.44. The van der Waals surface area contributed by atoms with Gasteiger partial charge in [0.1, 0.15) is 0 Å². The van der Waals surface area contributed by atoms with Crippen molar-refractivity contribution >= 4 is 5.69 Å². The van der Waals surface area contributed by atoms with Gasteiger partial charge in [0.2, 0.25) is 0 Å². The minimum absolute atomic E-state index is 0.689. The van der Waals surface area contributed by atoms with Crippen LogP contribution in [0.3, 0.4) is 0 Å². The zero-order valence-corrected chi connectivity index (χ0v) is 9.42. The van der Waals surface area contributed by atoms with Crippen LogP contribution in [0, 0.1) is 0 Å². The topological polar surface area (TPSA) is 38.0 Å². The second-order valence-corrected chi connectivity index (χ2v) is 4.36. The van der Waals surface area contributed by atoms with E-state index in [1.165, 1.54) is 30.4 Å². The van der Waals surface area contributed by atoms with E-state index in [2.05, 4.69) is 24.4 Å². The molecule has 1 unspecified atom stereocenters. The molecule has 3 N–H and O–H groups in total. The molecule has 15 heavy (non-hydrogen) atoms. The predicted octanol–water partition coefficient (Wildman–Crippen LogP) is 2.30. The smallest absolute Gasteiger partial charge is 0.0316 e. The summed E-state index contributed by atoms with van der Waals surface area (Å²) in [7, 11) is 0. The highest BCUT2D eigenvalue weighted by Crippen LogP contribution is 2.32. The quantitative estimate of drug-likeness (QED) is 0.741. The lowest BCUT2D eigenvalue weighted by molar-refractivity contribution is 0.515. The van der Waals surface area contributed by atoms with Gasteiger partial charge in [-0.2, -0.15) is 0 Å². The van der Waals surface area contributed by atoms with Crippen molar-refractivity contribution in [2.45, 2.75) is 32.1 Å². The Morgan fingerprint density at radius 2 is 2.33 bits per heavy atom. The van der Waals surface area contributed by atoms with Crippen molar-refractivity contribution in [2.24, 2.45) is 0 Å². The number of nitrogens with two attached hydrogens (primary N) is 1. The number of aryl methyl sites for hydroxylation is 1. The van der Waals surface area contributed by atoms with Gasteiger partial charge >= 0.3 is 0 Å². The summed E-state index contributed by atoms with van der Waals surface area (Å²) in [6.45, 7) is 4.32. The Balaban J connectivity index is 2.18. The van der Waals surface area contributed by atoms with E-state index >= 15 is 0 Å². The van der Waals surface area contributed by atoms with E-state index in [9.17, 15) is 0 Å². The van der Waals surface area contributed by atoms with E-state index < -0.39 is 0 Å². The van der Waals surface area contributed by atoms with Crippen molar-refractivity contribution in [3.8, 4) is 0 Å². The van der Waals surface area contributed by atoms with Crippen LogP contribution in [0.2, 0.25) is 0 Å². The summed E-state index contributed by atoms with van der Waals surface area (Å²) in [6, 6.07) is 6.39. The molecular weight excluding hydrogens is 184 g/mol. The van der Waals surface area contributed by atoms with E-state index in [1.54, 1.807) is 0 Å². The van der Waals surface area contributed by atoms with Crippen molar-refractivity contribution in [1.82, 2.24) is 5.32 Å². The van der Waals surface area contributed by atoms with Crippen LogP contribution in [-0.2, 0) is 6.42 Å². The molecule has 1 aliphatic rings. The van der Waals surface area contributed by atoms with Crippen molar-refractivity contribution in [3.63, 3.8) is 0 Å². The van der Waals surface area contributed by atoms with Crippen molar-refractivity contribution in [1.29, 1.82) is 0 Å². The Kier molecular flexibility index (Phi) is 3.27. The molecule has 2 heteroatoms. The van der Waals surface area contributed by atoms with Crippen LogP contribution in [0.4, 0.5) is 5.69 Å². The minimum Gasteiger partial charge on any atom is -0.399 e. The molecule has 1 aromatic rings. The molecule has 0 radical (unpaired) electrons. The molecule has 82 valence electrons. The molecule has 0 saturated heterocycles. The van der Waals surface area contributed by atoms with Crippen molar-refractivity contribution in [2.75, 3.05) is 18.8 Å². The van der Waals surface area contributed by atoms with Gasteiger partial charge in [-0.3, -0.25) is 0 Å². The second-order valence-electron chi connectivity index (χ2n) is 4.36. The third kappa shape index (κ3) is 2.32. The highest BCUT2D eigenvalue weighted by Gasteiger charge is 2.19. The van der Waals surface area contributed by atoms with E-state index in [0.29, 0.717) is 5.92 Å². The number of nitrogens with one attached hydrogen (secondary N) is 1. The molecule has 0 aromatic heterocycles. The van der Waals surface area contributed by atoms with E-state index in [1.807, 2.05) is 6.07 Å². The highest BCUT2D eigenvalue weighted by atomic mass is 14.8. The molecule has 2 rings (SSSR count). The third-order valence-electron chi connectivity index (χ3n) is 3.25. The summed E-state index contributed by atoms with van der Waals surface area (Å²) in [5.74, 6) is 0.689. The second kappa shape index (κ2) is 4.67. The molecule has 2 nitrogen and oxygen atoms in total. The van der Waals surface area contributed by atoms with Gasteiger partial charge in [0.05, 0.1) is 0 Å². The average Bonchev–Trinajstić information content (AvgIpc) is 2.25. The predicted molar refractivity (Wildman–Crippen MR) is 65.1 cm³/mol. The number of likely N-dealkylation sites (N-methyl/N-ethyl adjacent to an activating group) is 1. The maximum Gasteiger partial charge on any atom is 0.0316 e. The summed E-state index contributed by atoms with van der Waals surface area (Å²) in [6.07, 6.45) is 3.80. The van der Waals surface area contributed by atoms with Crippen LogP contribution < -0.4 is 11.1 Å². The molecular formula is C13H20N2. The van der Waals surface area contributed by atoms with Crippen LogP contribution in [0.15, 0.2) is 18.2 Å². The average molecular weight is 204 g/mol. The number of anilines is 1. The van der Waals surface area contributed by atoms with Crippen LogP contribution >= 0.6 is 0 Å². The van der Waals surface area contributed by atoms with Gasteiger partial charge in [0.25, 0.3) is 0 Å². The summed E-state index contributed by atoms with van der Waals surface area (Å²) in [5.41, 5.74) is 9.69. The number of fused-ring (bicyclic) bond motifs is 1. The summed E-state index contributed by atoms with van der Waals surface area (Å²) >= 11 is 0. The molecule has 1 atom stereocenters. The molecule has 0 bridgehead atoms. The molecule has 1 aromatic carbocycles. The fourth-order valence-electron chi connectivity index (χ4n) is 2.47. The molecule has 0 spiro atoms. The Hall–Kier alpha value is -1.02. The SMILES string of the molecule is CCNCC1CCCc2cc(N)ccc21. The van der Waals surface area contributed by atoms with Crippen LogP contribution in [-0.4, -0.2) is 13.1 Å². The number of hydrogen-bond acceptors (Lipinski definition) is 2. The number of nitrogen functional groups attached to an aromatic ring is 1. The molecule has 0 heterocycles. The molecule has 1 aliphatic carbocycles. The zero-order chi connectivity index (χ0) is 10.7. The van der Waals surface area contributed by atoms with Gasteiger partial charge in [-0.05, 0) is 55.0 Å². The first-order chi connectivity index (χ1) is 7.31. The van der Waals surface area contributed by atoms with E-state index in [4.69, 9.17) is 5.73 Å². The van der Waals surface area contributed by atoms with Gasteiger partial charge in [0, 0.05) is 12.2 Å². The first-order valence-electron chi connectivity index (χ1n) is 5.90. The Morgan fingerprint density at radius 3 is 3.13 bits per heavy atom. The van der Waals surface area contributed by atoms with Gasteiger partial charge in [0.15, 0.2) is 0 Å².